The third kappa shape index (κ3) is 3.92. The number of dihydropyridines is 1. The highest BCUT2D eigenvalue weighted by molar-refractivity contribution is 7.10. The second kappa shape index (κ2) is 9.46. The highest BCUT2D eigenvalue weighted by atomic mass is 32.1. The molecule has 0 spiro atoms. The number of ether oxygens (including phenoxy) is 3. The van der Waals surface area contributed by atoms with Gasteiger partial charge >= 0.3 is 11.9 Å². The molecule has 3 atom stereocenters. The van der Waals surface area contributed by atoms with E-state index in [9.17, 15) is 14.4 Å². The Morgan fingerprint density at radius 1 is 1.03 bits per heavy atom. The Morgan fingerprint density at radius 3 is 2.29 bits per heavy atom. The average Bonchev–Trinajstić information content (AvgIpc) is 3.27. The van der Waals surface area contributed by atoms with E-state index in [0.717, 1.165) is 16.0 Å². The Morgan fingerprint density at radius 2 is 1.74 bits per heavy atom. The van der Waals surface area contributed by atoms with Gasteiger partial charge in [0.15, 0.2) is 5.78 Å². The number of allylic oxidation sites excluding steroid dienone is 3. The fourth-order valence-electron chi connectivity index (χ4n) is 4.92. The highest BCUT2D eigenvalue weighted by Gasteiger charge is 2.49. The molecular formula is C26H27NO6S. The summed E-state index contributed by atoms with van der Waals surface area (Å²) in [5.74, 6) is -2.81. The molecule has 4 rings (SSSR count). The van der Waals surface area contributed by atoms with Crippen LogP contribution in [0.5, 0.6) is 5.75 Å². The minimum absolute atomic E-state index is 0.340. The van der Waals surface area contributed by atoms with Crippen LogP contribution < -0.4 is 10.1 Å². The molecule has 1 aromatic carbocycles. The van der Waals surface area contributed by atoms with Gasteiger partial charge in [0.25, 0.3) is 0 Å². The van der Waals surface area contributed by atoms with Gasteiger partial charge in [-0.2, -0.15) is 0 Å². The zero-order valence-corrected chi connectivity index (χ0v) is 20.6. The first-order valence-electron chi connectivity index (χ1n) is 10.9. The number of methoxy groups -OCH3 is 3. The highest BCUT2D eigenvalue weighted by Crippen LogP contribution is 2.49. The molecule has 178 valence electrons. The number of carbonyl (C=O) groups is 3. The number of nitrogens with one attached hydrogen (secondary N) is 1. The van der Waals surface area contributed by atoms with Gasteiger partial charge in [-0.25, -0.2) is 4.79 Å². The van der Waals surface area contributed by atoms with Gasteiger partial charge in [0, 0.05) is 27.8 Å². The predicted octanol–water partition coefficient (Wildman–Crippen LogP) is 4.00. The van der Waals surface area contributed by atoms with Crippen LogP contribution in [0.2, 0.25) is 0 Å². The Kier molecular flexibility index (Phi) is 6.61. The molecule has 2 aliphatic rings. The molecule has 1 aliphatic heterocycles. The molecule has 0 fully saturated rings. The van der Waals surface area contributed by atoms with Crippen LogP contribution in [-0.4, -0.2) is 39.1 Å². The zero-order valence-electron chi connectivity index (χ0n) is 19.8. The summed E-state index contributed by atoms with van der Waals surface area (Å²) in [7, 11) is 4.19. The summed E-state index contributed by atoms with van der Waals surface area (Å²) in [6.07, 6.45) is 0.417. The molecule has 1 N–H and O–H groups in total. The van der Waals surface area contributed by atoms with E-state index < -0.39 is 29.7 Å². The Bertz CT molecular complexity index is 1210. The predicted molar refractivity (Wildman–Crippen MR) is 128 cm³/mol. The van der Waals surface area contributed by atoms with Crippen molar-refractivity contribution >= 4 is 29.1 Å². The lowest BCUT2D eigenvalue weighted by molar-refractivity contribution is -0.150. The summed E-state index contributed by atoms with van der Waals surface area (Å²) < 4.78 is 15.4. The first-order valence-corrected chi connectivity index (χ1v) is 11.8. The standard InChI is InChI=1S/C26H27NO6S/c1-13-10-11-34-24(13)22-19(25(29)32-4)14(2)27-18-12-17(15-6-8-16(31-3)9-7-15)20(26(30)33-5)23(28)21(18)22/h6-11,17,20,22,27H,12H2,1-5H3/t17-,20-,22-/m1/s1. The summed E-state index contributed by atoms with van der Waals surface area (Å²) in [4.78, 5) is 40.7. The number of rotatable bonds is 5. The van der Waals surface area contributed by atoms with E-state index in [4.69, 9.17) is 14.2 Å². The third-order valence-corrected chi connectivity index (χ3v) is 7.67. The number of esters is 2. The molecule has 1 aromatic heterocycles. The number of ketones is 1. The number of hydrogen-bond donors (Lipinski definition) is 1. The minimum Gasteiger partial charge on any atom is -0.497 e. The lowest BCUT2D eigenvalue weighted by Crippen LogP contribution is -2.43. The Hall–Kier alpha value is -3.39. The molecule has 2 aromatic rings. The third-order valence-electron chi connectivity index (χ3n) is 6.59. The van der Waals surface area contributed by atoms with Crippen molar-refractivity contribution in [3.8, 4) is 5.75 Å². The van der Waals surface area contributed by atoms with Crippen LogP contribution in [0.1, 0.15) is 41.2 Å². The maximum absolute atomic E-state index is 14.1. The summed E-state index contributed by atoms with van der Waals surface area (Å²) >= 11 is 1.48. The maximum Gasteiger partial charge on any atom is 0.336 e. The number of thiophene rings is 1. The van der Waals surface area contributed by atoms with Crippen LogP contribution in [0.15, 0.2) is 58.3 Å². The van der Waals surface area contributed by atoms with Crippen LogP contribution in [0, 0.1) is 12.8 Å². The second-order valence-electron chi connectivity index (χ2n) is 8.40. The monoisotopic (exact) mass is 481 g/mol. The van der Waals surface area contributed by atoms with Crippen LogP contribution in [-0.2, 0) is 23.9 Å². The Labute approximate surface area is 202 Å². The molecule has 34 heavy (non-hydrogen) atoms. The van der Waals surface area contributed by atoms with E-state index >= 15 is 0 Å². The van der Waals surface area contributed by atoms with Crippen molar-refractivity contribution in [2.75, 3.05) is 21.3 Å². The SMILES string of the molecule is COC(=O)C1=C(C)NC2=C(C(=O)[C@H](C(=O)OC)[C@@H](c3ccc(OC)cc3)C2)[C@@H]1c1sccc1C. The van der Waals surface area contributed by atoms with E-state index in [1.165, 1.54) is 25.6 Å². The van der Waals surface area contributed by atoms with Crippen molar-refractivity contribution in [3.63, 3.8) is 0 Å². The normalized spacial score (nSPS) is 22.1. The van der Waals surface area contributed by atoms with Crippen molar-refractivity contribution in [1.82, 2.24) is 5.32 Å². The van der Waals surface area contributed by atoms with E-state index in [1.54, 1.807) is 7.11 Å². The molecule has 0 saturated heterocycles. The fourth-order valence-corrected chi connectivity index (χ4v) is 5.96. The van der Waals surface area contributed by atoms with Gasteiger partial charge in [-0.15, -0.1) is 11.3 Å². The summed E-state index contributed by atoms with van der Waals surface area (Å²) in [6.45, 7) is 3.76. The van der Waals surface area contributed by atoms with Gasteiger partial charge in [0.1, 0.15) is 11.7 Å². The topological polar surface area (TPSA) is 90.9 Å². The molecule has 0 amide bonds. The van der Waals surface area contributed by atoms with Gasteiger partial charge < -0.3 is 19.5 Å². The number of benzene rings is 1. The zero-order chi connectivity index (χ0) is 24.6. The van der Waals surface area contributed by atoms with Crippen LogP contribution in [0.4, 0.5) is 0 Å². The molecule has 0 bridgehead atoms. The van der Waals surface area contributed by atoms with Crippen molar-refractivity contribution in [1.29, 1.82) is 0 Å². The van der Waals surface area contributed by atoms with Crippen molar-refractivity contribution in [3.05, 3.63) is 74.3 Å². The van der Waals surface area contributed by atoms with Gasteiger partial charge in [-0.1, -0.05) is 12.1 Å². The van der Waals surface area contributed by atoms with Crippen LogP contribution >= 0.6 is 11.3 Å². The second-order valence-corrected chi connectivity index (χ2v) is 9.34. The lowest BCUT2D eigenvalue weighted by Gasteiger charge is -2.39. The minimum atomic E-state index is -1.03. The van der Waals surface area contributed by atoms with Gasteiger partial charge in [-0.05, 0) is 55.0 Å². The quantitative estimate of drug-likeness (QED) is 0.510. The fraction of sp³-hybridized carbons (Fsp3) is 0.346. The first kappa shape index (κ1) is 23.8. The lowest BCUT2D eigenvalue weighted by atomic mass is 9.68. The van der Waals surface area contributed by atoms with E-state index in [1.807, 2.05) is 49.6 Å². The summed E-state index contributed by atoms with van der Waals surface area (Å²) in [5, 5.41) is 5.22. The molecule has 2 heterocycles. The van der Waals surface area contributed by atoms with E-state index in [0.29, 0.717) is 34.7 Å². The molecule has 0 unspecified atom stereocenters. The number of aryl methyl sites for hydroxylation is 1. The number of Topliss-reactive ketones (excluding diaryl/α,β-unsaturated/α-hetero) is 1. The van der Waals surface area contributed by atoms with Gasteiger partial charge in [0.05, 0.1) is 32.8 Å². The molecule has 0 saturated carbocycles. The molecule has 7 nitrogen and oxygen atoms in total. The van der Waals surface area contributed by atoms with Crippen molar-refractivity contribution < 1.29 is 28.6 Å². The summed E-state index contributed by atoms with van der Waals surface area (Å²) in [5.41, 5.74) is 3.97. The molecule has 1 aliphatic carbocycles. The van der Waals surface area contributed by atoms with E-state index in [-0.39, 0.29) is 5.78 Å². The first-order chi connectivity index (χ1) is 16.3. The largest absolute Gasteiger partial charge is 0.497 e. The van der Waals surface area contributed by atoms with Crippen LogP contribution in [0.25, 0.3) is 0 Å². The van der Waals surface area contributed by atoms with Crippen molar-refractivity contribution in [2.45, 2.75) is 32.1 Å². The van der Waals surface area contributed by atoms with Gasteiger partial charge in [0.2, 0.25) is 0 Å². The maximum atomic E-state index is 14.1. The number of carbonyl (C=O) groups excluding carboxylic acids is 3. The average molecular weight is 482 g/mol. The smallest absolute Gasteiger partial charge is 0.336 e. The summed E-state index contributed by atoms with van der Waals surface area (Å²) in [6, 6.07) is 9.31. The molecule has 8 heteroatoms. The Balaban J connectivity index is 1.89. The number of hydrogen-bond acceptors (Lipinski definition) is 8. The van der Waals surface area contributed by atoms with Gasteiger partial charge in [-0.3, -0.25) is 9.59 Å². The molecule has 0 radical (unpaired) electrons. The van der Waals surface area contributed by atoms with E-state index in [2.05, 4.69) is 5.32 Å². The van der Waals surface area contributed by atoms with Crippen LogP contribution in [0.3, 0.4) is 0 Å². The molecular weight excluding hydrogens is 454 g/mol. The van der Waals surface area contributed by atoms with Crippen molar-refractivity contribution in [2.24, 2.45) is 5.92 Å².